The van der Waals surface area contributed by atoms with Crippen LogP contribution in [0.25, 0.3) is 10.9 Å². The van der Waals surface area contributed by atoms with E-state index in [1.54, 1.807) is 13.8 Å². The van der Waals surface area contributed by atoms with Gasteiger partial charge in [-0.05, 0) is 56.0 Å². The standard InChI is InChI=1S/C16H20ClNO/c1-9(2)14-8-13(16(4,5)19)12-7-11(17)6-10(3)15(12)18-14/h6-9,19H,1-5H3. The first-order chi connectivity index (χ1) is 8.70. The fourth-order valence-corrected chi connectivity index (χ4v) is 2.55. The minimum absolute atomic E-state index is 0.320. The maximum atomic E-state index is 10.4. The first kappa shape index (κ1) is 14.3. The van der Waals surface area contributed by atoms with Crippen molar-refractivity contribution in [2.75, 3.05) is 0 Å². The van der Waals surface area contributed by atoms with E-state index in [-0.39, 0.29) is 0 Å². The van der Waals surface area contributed by atoms with Crippen LogP contribution in [0.5, 0.6) is 0 Å². The van der Waals surface area contributed by atoms with E-state index in [0.717, 1.165) is 27.7 Å². The van der Waals surface area contributed by atoms with Gasteiger partial charge in [0.2, 0.25) is 0 Å². The van der Waals surface area contributed by atoms with E-state index in [9.17, 15) is 5.11 Å². The highest BCUT2D eigenvalue weighted by Gasteiger charge is 2.22. The highest BCUT2D eigenvalue weighted by atomic mass is 35.5. The van der Waals surface area contributed by atoms with Crippen LogP contribution in [0, 0.1) is 6.92 Å². The molecular formula is C16H20ClNO. The molecule has 19 heavy (non-hydrogen) atoms. The topological polar surface area (TPSA) is 33.1 Å². The van der Waals surface area contributed by atoms with Crippen LogP contribution >= 0.6 is 11.6 Å². The number of aryl methyl sites for hydroxylation is 1. The predicted molar refractivity (Wildman–Crippen MR) is 80.8 cm³/mol. The van der Waals surface area contributed by atoms with E-state index < -0.39 is 5.60 Å². The summed E-state index contributed by atoms with van der Waals surface area (Å²) >= 11 is 6.14. The van der Waals surface area contributed by atoms with Crippen LogP contribution in [-0.4, -0.2) is 10.1 Å². The summed E-state index contributed by atoms with van der Waals surface area (Å²) in [5.41, 5.74) is 2.92. The number of aliphatic hydroxyl groups is 1. The van der Waals surface area contributed by atoms with Crippen LogP contribution in [0.15, 0.2) is 18.2 Å². The zero-order chi connectivity index (χ0) is 14.4. The minimum Gasteiger partial charge on any atom is -0.386 e. The lowest BCUT2D eigenvalue weighted by molar-refractivity contribution is 0.0800. The van der Waals surface area contributed by atoms with Gasteiger partial charge in [0.15, 0.2) is 0 Å². The van der Waals surface area contributed by atoms with Crippen molar-refractivity contribution in [3.8, 4) is 0 Å². The van der Waals surface area contributed by atoms with Crippen molar-refractivity contribution in [1.29, 1.82) is 0 Å². The Hall–Kier alpha value is -1.12. The third kappa shape index (κ3) is 2.75. The fraction of sp³-hybridized carbons (Fsp3) is 0.438. The SMILES string of the molecule is Cc1cc(Cl)cc2c(C(C)(C)O)cc(C(C)C)nc12. The summed E-state index contributed by atoms with van der Waals surface area (Å²) < 4.78 is 0. The number of hydrogen-bond acceptors (Lipinski definition) is 2. The number of halogens is 1. The summed E-state index contributed by atoms with van der Waals surface area (Å²) in [6, 6.07) is 5.78. The number of hydrogen-bond donors (Lipinski definition) is 1. The zero-order valence-corrected chi connectivity index (χ0v) is 12.8. The van der Waals surface area contributed by atoms with Crippen molar-refractivity contribution >= 4 is 22.5 Å². The van der Waals surface area contributed by atoms with Gasteiger partial charge in [-0.25, -0.2) is 0 Å². The van der Waals surface area contributed by atoms with E-state index in [4.69, 9.17) is 16.6 Å². The molecule has 2 rings (SSSR count). The molecule has 0 radical (unpaired) electrons. The molecule has 0 spiro atoms. The molecule has 0 saturated carbocycles. The summed E-state index contributed by atoms with van der Waals surface area (Å²) in [5, 5.41) is 12.0. The zero-order valence-electron chi connectivity index (χ0n) is 12.1. The summed E-state index contributed by atoms with van der Waals surface area (Å²) in [6.07, 6.45) is 0. The average Bonchev–Trinajstić information content (AvgIpc) is 2.26. The Labute approximate surface area is 119 Å². The van der Waals surface area contributed by atoms with Gasteiger partial charge in [0, 0.05) is 16.1 Å². The Morgan fingerprint density at radius 3 is 2.37 bits per heavy atom. The summed E-state index contributed by atoms with van der Waals surface area (Å²) in [7, 11) is 0. The lowest BCUT2D eigenvalue weighted by Gasteiger charge is -2.22. The second-order valence-electron chi connectivity index (χ2n) is 5.93. The Morgan fingerprint density at radius 1 is 1.21 bits per heavy atom. The van der Waals surface area contributed by atoms with E-state index >= 15 is 0 Å². The normalized spacial score (nSPS) is 12.4. The first-order valence-corrected chi connectivity index (χ1v) is 6.91. The second-order valence-corrected chi connectivity index (χ2v) is 6.36. The molecule has 1 aromatic heterocycles. The van der Waals surface area contributed by atoms with Crippen molar-refractivity contribution in [2.24, 2.45) is 0 Å². The summed E-state index contributed by atoms with van der Waals surface area (Å²) in [5.74, 6) is 0.320. The molecule has 3 heteroatoms. The number of fused-ring (bicyclic) bond motifs is 1. The van der Waals surface area contributed by atoms with Gasteiger partial charge in [-0.3, -0.25) is 4.98 Å². The van der Waals surface area contributed by atoms with Crippen LogP contribution in [0.3, 0.4) is 0 Å². The monoisotopic (exact) mass is 277 g/mol. The van der Waals surface area contributed by atoms with Crippen molar-refractivity contribution < 1.29 is 5.11 Å². The third-order valence-electron chi connectivity index (χ3n) is 3.34. The quantitative estimate of drug-likeness (QED) is 0.874. The fourth-order valence-electron chi connectivity index (χ4n) is 2.28. The molecule has 0 aliphatic heterocycles. The number of rotatable bonds is 2. The van der Waals surface area contributed by atoms with Crippen molar-refractivity contribution in [1.82, 2.24) is 4.98 Å². The van der Waals surface area contributed by atoms with Crippen molar-refractivity contribution in [3.63, 3.8) is 0 Å². The molecule has 0 unspecified atom stereocenters. The average molecular weight is 278 g/mol. The van der Waals surface area contributed by atoms with E-state index in [1.807, 2.05) is 25.1 Å². The molecule has 0 fully saturated rings. The molecule has 0 bridgehead atoms. The lowest BCUT2D eigenvalue weighted by atomic mass is 9.91. The molecule has 0 aliphatic carbocycles. The Morgan fingerprint density at radius 2 is 1.84 bits per heavy atom. The maximum Gasteiger partial charge on any atom is 0.0847 e. The van der Waals surface area contributed by atoms with Gasteiger partial charge < -0.3 is 5.11 Å². The minimum atomic E-state index is -0.915. The number of nitrogens with zero attached hydrogens (tertiary/aromatic N) is 1. The first-order valence-electron chi connectivity index (χ1n) is 6.54. The van der Waals surface area contributed by atoms with Gasteiger partial charge in [-0.2, -0.15) is 0 Å². The molecule has 0 amide bonds. The van der Waals surface area contributed by atoms with Crippen molar-refractivity contribution in [2.45, 2.75) is 46.1 Å². The Bertz CT molecular complexity index is 627. The Balaban J connectivity index is 2.90. The van der Waals surface area contributed by atoms with Gasteiger partial charge in [-0.15, -0.1) is 0 Å². The summed E-state index contributed by atoms with van der Waals surface area (Å²) in [4.78, 5) is 4.72. The molecule has 1 heterocycles. The molecule has 0 aliphatic rings. The van der Waals surface area contributed by atoms with Gasteiger partial charge in [-0.1, -0.05) is 25.4 Å². The highest BCUT2D eigenvalue weighted by molar-refractivity contribution is 6.31. The van der Waals surface area contributed by atoms with Gasteiger partial charge in [0.1, 0.15) is 0 Å². The molecule has 2 nitrogen and oxygen atoms in total. The van der Waals surface area contributed by atoms with Crippen LogP contribution in [0.1, 0.15) is 50.4 Å². The lowest BCUT2D eigenvalue weighted by Crippen LogP contribution is -2.17. The Kier molecular flexibility index (Phi) is 3.59. The van der Waals surface area contributed by atoms with E-state index in [2.05, 4.69) is 13.8 Å². The predicted octanol–water partition coefficient (Wildman–Crippen LogP) is 4.55. The van der Waals surface area contributed by atoms with Crippen molar-refractivity contribution in [3.05, 3.63) is 40.0 Å². The smallest absolute Gasteiger partial charge is 0.0847 e. The van der Waals surface area contributed by atoms with Crippen LogP contribution in [0.2, 0.25) is 5.02 Å². The highest BCUT2D eigenvalue weighted by Crippen LogP contribution is 2.33. The molecular weight excluding hydrogens is 258 g/mol. The maximum absolute atomic E-state index is 10.4. The van der Waals surface area contributed by atoms with Crippen LogP contribution in [0.4, 0.5) is 0 Å². The molecule has 0 atom stereocenters. The summed E-state index contributed by atoms with van der Waals surface area (Å²) in [6.45, 7) is 9.80. The van der Waals surface area contributed by atoms with Gasteiger partial charge >= 0.3 is 0 Å². The molecule has 2 aromatic rings. The number of benzene rings is 1. The molecule has 1 aromatic carbocycles. The third-order valence-corrected chi connectivity index (χ3v) is 3.56. The second kappa shape index (κ2) is 4.77. The molecule has 102 valence electrons. The van der Waals surface area contributed by atoms with Crippen LogP contribution in [-0.2, 0) is 5.60 Å². The molecule has 0 saturated heterocycles. The van der Waals surface area contributed by atoms with E-state index in [0.29, 0.717) is 10.9 Å². The number of aromatic nitrogens is 1. The van der Waals surface area contributed by atoms with E-state index in [1.165, 1.54) is 0 Å². The largest absolute Gasteiger partial charge is 0.386 e. The van der Waals surface area contributed by atoms with Crippen LogP contribution < -0.4 is 0 Å². The molecule has 1 N–H and O–H groups in total. The van der Waals surface area contributed by atoms with Gasteiger partial charge in [0.25, 0.3) is 0 Å². The van der Waals surface area contributed by atoms with Gasteiger partial charge in [0.05, 0.1) is 11.1 Å². The number of pyridine rings is 1.